The van der Waals surface area contributed by atoms with E-state index >= 15 is 0 Å². The summed E-state index contributed by atoms with van der Waals surface area (Å²) in [5, 5.41) is 8.26. The van der Waals surface area contributed by atoms with Crippen LogP contribution in [0.4, 0.5) is 5.82 Å². The van der Waals surface area contributed by atoms with Gasteiger partial charge in [-0.1, -0.05) is 18.2 Å². The molecule has 0 aliphatic carbocycles. The first-order valence-corrected chi connectivity index (χ1v) is 4.87. The fourth-order valence-electron chi connectivity index (χ4n) is 1.57. The third kappa shape index (κ3) is 1.67. The molecule has 0 atom stereocenters. The summed E-state index contributed by atoms with van der Waals surface area (Å²) in [6.07, 6.45) is 0.752. The van der Waals surface area contributed by atoms with E-state index in [9.17, 15) is 9.59 Å². The summed E-state index contributed by atoms with van der Waals surface area (Å²) in [4.78, 5) is 22.1. The summed E-state index contributed by atoms with van der Waals surface area (Å²) in [5.41, 5.74) is -0.146. The molecule has 0 aliphatic rings. The van der Waals surface area contributed by atoms with Crippen molar-refractivity contribution in [3.63, 3.8) is 0 Å². The van der Waals surface area contributed by atoms with Crippen molar-refractivity contribution in [2.75, 3.05) is 11.9 Å². The highest BCUT2D eigenvalue weighted by Gasteiger charge is 2.06. The van der Waals surface area contributed by atoms with E-state index in [1.54, 1.807) is 25.2 Å². The minimum Gasteiger partial charge on any atom is -0.361 e. The Morgan fingerprint density at radius 1 is 1.38 bits per heavy atom. The second kappa shape index (κ2) is 4.14. The van der Waals surface area contributed by atoms with E-state index in [4.69, 9.17) is 0 Å². The van der Waals surface area contributed by atoms with Crippen molar-refractivity contribution in [2.24, 2.45) is 7.05 Å². The molecule has 1 N–H and O–H groups in total. The van der Waals surface area contributed by atoms with Gasteiger partial charge in [-0.15, -0.1) is 0 Å². The van der Waals surface area contributed by atoms with Gasteiger partial charge in [0.2, 0.25) is 0 Å². The number of aryl methyl sites for hydroxylation is 1. The highest BCUT2D eigenvalue weighted by molar-refractivity contribution is 5.91. The van der Waals surface area contributed by atoms with Crippen molar-refractivity contribution in [1.29, 1.82) is 0 Å². The quantitative estimate of drug-likeness (QED) is 0.762. The molecule has 1 aromatic heterocycles. The molecule has 82 valence electrons. The number of fused-ring (bicyclic) bond motifs is 1. The summed E-state index contributed by atoms with van der Waals surface area (Å²) in [6.45, 7) is 0.176. The van der Waals surface area contributed by atoms with Crippen molar-refractivity contribution < 1.29 is 4.79 Å². The van der Waals surface area contributed by atoms with Gasteiger partial charge in [0.1, 0.15) is 6.29 Å². The Morgan fingerprint density at radius 2 is 2.06 bits per heavy atom. The van der Waals surface area contributed by atoms with Gasteiger partial charge in [-0.2, -0.15) is 5.10 Å². The molecule has 0 spiro atoms. The number of hydrogen-bond acceptors (Lipinski definition) is 4. The van der Waals surface area contributed by atoms with Crippen LogP contribution in [0.3, 0.4) is 0 Å². The lowest BCUT2D eigenvalue weighted by Crippen LogP contribution is -2.21. The summed E-state index contributed by atoms with van der Waals surface area (Å²) in [5.74, 6) is 0.546. The number of aldehydes is 1. The van der Waals surface area contributed by atoms with E-state index in [0.29, 0.717) is 11.2 Å². The predicted molar refractivity (Wildman–Crippen MR) is 61.5 cm³/mol. The van der Waals surface area contributed by atoms with Crippen LogP contribution in [0.5, 0.6) is 0 Å². The van der Waals surface area contributed by atoms with Gasteiger partial charge in [-0.25, -0.2) is 4.68 Å². The molecule has 2 aromatic rings. The lowest BCUT2D eigenvalue weighted by atomic mass is 10.2. The Kier molecular flexibility index (Phi) is 2.68. The summed E-state index contributed by atoms with van der Waals surface area (Å²) in [6, 6.07) is 7.17. The molecule has 0 unspecified atom stereocenters. The molecule has 0 amide bonds. The average Bonchev–Trinajstić information content (AvgIpc) is 2.32. The highest BCUT2D eigenvalue weighted by Crippen LogP contribution is 2.16. The molecular formula is C11H11N3O2. The fourth-order valence-corrected chi connectivity index (χ4v) is 1.57. The number of carbonyl (C=O) groups is 1. The Balaban J connectivity index is 2.69. The van der Waals surface area contributed by atoms with Gasteiger partial charge in [-0.05, 0) is 6.07 Å². The van der Waals surface area contributed by atoms with Crippen LogP contribution in [0.2, 0.25) is 0 Å². The number of nitrogens with zero attached hydrogens (tertiary/aromatic N) is 2. The minimum absolute atomic E-state index is 0.146. The van der Waals surface area contributed by atoms with E-state index < -0.39 is 0 Å². The fraction of sp³-hybridized carbons (Fsp3) is 0.182. The Bertz CT molecular complexity index is 589. The van der Waals surface area contributed by atoms with Crippen molar-refractivity contribution in [1.82, 2.24) is 9.78 Å². The molecule has 5 heteroatoms. The van der Waals surface area contributed by atoms with Crippen LogP contribution in [0.25, 0.3) is 10.8 Å². The van der Waals surface area contributed by atoms with E-state index in [1.165, 1.54) is 4.68 Å². The van der Waals surface area contributed by atoms with Crippen LogP contribution >= 0.6 is 0 Å². The Morgan fingerprint density at radius 3 is 2.75 bits per heavy atom. The van der Waals surface area contributed by atoms with Crippen molar-refractivity contribution in [2.45, 2.75) is 0 Å². The maximum absolute atomic E-state index is 11.8. The van der Waals surface area contributed by atoms with E-state index in [0.717, 1.165) is 11.7 Å². The number of nitrogens with one attached hydrogen (secondary N) is 1. The normalized spacial score (nSPS) is 10.3. The molecule has 0 bridgehead atoms. The third-order valence-corrected chi connectivity index (χ3v) is 2.31. The zero-order valence-corrected chi connectivity index (χ0v) is 8.80. The average molecular weight is 217 g/mol. The number of rotatable bonds is 3. The van der Waals surface area contributed by atoms with Crippen LogP contribution in [-0.4, -0.2) is 22.6 Å². The van der Waals surface area contributed by atoms with Gasteiger partial charge in [0.15, 0.2) is 5.82 Å². The second-order valence-electron chi connectivity index (χ2n) is 3.37. The van der Waals surface area contributed by atoms with Crippen LogP contribution in [0, 0.1) is 0 Å². The standard InChI is InChI=1S/C11H11N3O2/c1-14-11(16)9-5-3-2-4-8(9)10(13-14)12-6-7-15/h2-5,7H,6H2,1H3,(H,12,13). The molecule has 0 saturated carbocycles. The van der Waals surface area contributed by atoms with Crippen LogP contribution < -0.4 is 10.9 Å². The maximum Gasteiger partial charge on any atom is 0.274 e. The Hall–Kier alpha value is -2.17. The molecule has 5 nitrogen and oxygen atoms in total. The summed E-state index contributed by atoms with van der Waals surface area (Å²) in [7, 11) is 1.58. The van der Waals surface area contributed by atoms with Crippen LogP contribution in [0.1, 0.15) is 0 Å². The van der Waals surface area contributed by atoms with Gasteiger partial charge in [0.25, 0.3) is 5.56 Å². The molecule has 16 heavy (non-hydrogen) atoms. The molecule has 0 fully saturated rings. The monoisotopic (exact) mass is 217 g/mol. The first-order valence-electron chi connectivity index (χ1n) is 4.87. The van der Waals surface area contributed by atoms with Crippen LogP contribution in [-0.2, 0) is 11.8 Å². The molecule has 1 aromatic carbocycles. The number of aromatic nitrogens is 2. The largest absolute Gasteiger partial charge is 0.361 e. The van der Waals surface area contributed by atoms with Gasteiger partial charge in [0.05, 0.1) is 11.9 Å². The molecule has 0 aliphatic heterocycles. The number of carbonyl (C=O) groups excluding carboxylic acids is 1. The topological polar surface area (TPSA) is 64.0 Å². The van der Waals surface area contributed by atoms with Crippen molar-refractivity contribution in [3.8, 4) is 0 Å². The van der Waals surface area contributed by atoms with E-state index in [2.05, 4.69) is 10.4 Å². The lowest BCUT2D eigenvalue weighted by molar-refractivity contribution is -0.106. The molecular weight excluding hydrogens is 206 g/mol. The Labute approximate surface area is 91.7 Å². The van der Waals surface area contributed by atoms with Gasteiger partial charge in [0, 0.05) is 12.4 Å². The molecule has 0 saturated heterocycles. The number of anilines is 1. The number of hydrogen-bond donors (Lipinski definition) is 1. The minimum atomic E-state index is -0.146. The highest BCUT2D eigenvalue weighted by atomic mass is 16.1. The van der Waals surface area contributed by atoms with E-state index in [1.807, 2.05) is 6.07 Å². The summed E-state index contributed by atoms with van der Waals surface area (Å²) >= 11 is 0. The summed E-state index contributed by atoms with van der Waals surface area (Å²) < 4.78 is 1.26. The molecule has 2 rings (SSSR count). The first-order chi connectivity index (χ1) is 7.74. The van der Waals surface area contributed by atoms with E-state index in [-0.39, 0.29) is 12.1 Å². The smallest absolute Gasteiger partial charge is 0.274 e. The third-order valence-electron chi connectivity index (χ3n) is 2.31. The molecule has 0 radical (unpaired) electrons. The molecule has 1 heterocycles. The predicted octanol–water partition coefficient (Wildman–Crippen LogP) is 0.544. The zero-order chi connectivity index (χ0) is 11.5. The van der Waals surface area contributed by atoms with Crippen LogP contribution in [0.15, 0.2) is 29.1 Å². The van der Waals surface area contributed by atoms with Gasteiger partial charge in [-0.3, -0.25) is 4.79 Å². The SMILES string of the molecule is Cn1nc(NCC=O)c2ccccc2c1=O. The van der Waals surface area contributed by atoms with Gasteiger partial charge >= 0.3 is 0 Å². The zero-order valence-electron chi connectivity index (χ0n) is 8.80. The lowest BCUT2D eigenvalue weighted by Gasteiger charge is -2.07. The first kappa shape index (κ1) is 10.4. The number of benzene rings is 1. The van der Waals surface area contributed by atoms with Crippen molar-refractivity contribution in [3.05, 3.63) is 34.6 Å². The van der Waals surface area contributed by atoms with Gasteiger partial charge < -0.3 is 10.1 Å². The maximum atomic E-state index is 11.8. The second-order valence-corrected chi connectivity index (χ2v) is 3.37. The van der Waals surface area contributed by atoms with Crippen molar-refractivity contribution >= 4 is 22.9 Å².